The van der Waals surface area contributed by atoms with Crippen molar-refractivity contribution in [3.05, 3.63) is 70.5 Å². The summed E-state index contributed by atoms with van der Waals surface area (Å²) < 4.78 is 3.29. The third-order valence-corrected chi connectivity index (χ3v) is 4.26. The lowest BCUT2D eigenvalue weighted by molar-refractivity contribution is -0.129. The van der Waals surface area contributed by atoms with Gasteiger partial charge in [0.1, 0.15) is 12.4 Å². The van der Waals surface area contributed by atoms with Crippen LogP contribution in [-0.4, -0.2) is 39.0 Å². The summed E-state index contributed by atoms with van der Waals surface area (Å²) in [5.41, 5.74) is 3.58. The fraction of sp³-hybridized carbons (Fsp3) is 0.250. The van der Waals surface area contributed by atoms with Gasteiger partial charge in [-0.3, -0.25) is 9.59 Å². The molecule has 0 aliphatic carbocycles. The number of amides is 1. The standard InChI is InChI=1S/C20H22N4O2/c1-14-6-5-7-16(10-14)18-12-24(15(2)21-18)17-8-9-23(19(25)11-17)13-20(26)22(3)4/h5-12H,13H2,1-4H3. The highest BCUT2D eigenvalue weighted by molar-refractivity contribution is 5.75. The number of nitrogens with zero attached hydrogens (tertiary/aromatic N) is 4. The number of hydrogen-bond donors (Lipinski definition) is 0. The zero-order chi connectivity index (χ0) is 18.8. The molecule has 0 radical (unpaired) electrons. The molecule has 0 atom stereocenters. The van der Waals surface area contributed by atoms with Crippen LogP contribution in [0.25, 0.3) is 16.9 Å². The molecular weight excluding hydrogens is 328 g/mol. The summed E-state index contributed by atoms with van der Waals surface area (Å²) in [7, 11) is 3.34. The van der Waals surface area contributed by atoms with Crippen molar-refractivity contribution >= 4 is 5.91 Å². The Balaban J connectivity index is 1.94. The molecule has 0 unspecified atom stereocenters. The Morgan fingerprint density at radius 1 is 1.15 bits per heavy atom. The summed E-state index contributed by atoms with van der Waals surface area (Å²) in [5.74, 6) is 0.670. The van der Waals surface area contributed by atoms with Crippen LogP contribution in [-0.2, 0) is 11.3 Å². The van der Waals surface area contributed by atoms with Gasteiger partial charge in [0.15, 0.2) is 0 Å². The van der Waals surface area contributed by atoms with E-state index in [0.717, 1.165) is 22.8 Å². The molecule has 2 aromatic heterocycles. The number of aromatic nitrogens is 3. The largest absolute Gasteiger partial charge is 0.347 e. The molecule has 0 spiro atoms. The van der Waals surface area contributed by atoms with Crippen molar-refractivity contribution in [1.82, 2.24) is 19.0 Å². The highest BCUT2D eigenvalue weighted by atomic mass is 16.2. The maximum atomic E-state index is 12.4. The van der Waals surface area contributed by atoms with Gasteiger partial charge in [-0.1, -0.05) is 23.8 Å². The van der Waals surface area contributed by atoms with Gasteiger partial charge in [0.25, 0.3) is 5.56 Å². The summed E-state index contributed by atoms with van der Waals surface area (Å²) >= 11 is 0. The van der Waals surface area contributed by atoms with Gasteiger partial charge in [0.05, 0.1) is 11.4 Å². The highest BCUT2D eigenvalue weighted by Gasteiger charge is 2.11. The summed E-state index contributed by atoms with van der Waals surface area (Å²) in [6.45, 7) is 3.98. The van der Waals surface area contributed by atoms with Crippen LogP contribution in [0.2, 0.25) is 0 Å². The van der Waals surface area contributed by atoms with Crippen molar-refractivity contribution in [1.29, 1.82) is 0 Å². The number of aryl methyl sites for hydroxylation is 2. The van der Waals surface area contributed by atoms with Crippen LogP contribution < -0.4 is 5.56 Å². The molecule has 1 aromatic carbocycles. The Bertz CT molecular complexity index is 1010. The van der Waals surface area contributed by atoms with Gasteiger partial charge in [0.2, 0.25) is 5.91 Å². The Labute approximate surface area is 152 Å². The predicted octanol–water partition coefficient (Wildman–Crippen LogP) is 2.41. The Morgan fingerprint density at radius 3 is 2.58 bits per heavy atom. The average Bonchev–Trinajstić information content (AvgIpc) is 2.98. The third-order valence-electron chi connectivity index (χ3n) is 4.26. The van der Waals surface area contributed by atoms with E-state index in [1.807, 2.05) is 48.9 Å². The zero-order valence-corrected chi connectivity index (χ0v) is 15.4. The van der Waals surface area contributed by atoms with Crippen LogP contribution in [0.4, 0.5) is 0 Å². The molecular formula is C20H22N4O2. The number of carbonyl (C=O) groups excluding carboxylic acids is 1. The van der Waals surface area contributed by atoms with Crippen LogP contribution in [0.15, 0.2) is 53.6 Å². The smallest absolute Gasteiger partial charge is 0.253 e. The van der Waals surface area contributed by atoms with Crippen molar-refractivity contribution in [2.75, 3.05) is 14.1 Å². The molecule has 0 fully saturated rings. The molecule has 0 aliphatic rings. The Kier molecular flexibility index (Phi) is 4.75. The normalized spacial score (nSPS) is 10.8. The summed E-state index contributed by atoms with van der Waals surface area (Å²) in [6, 6.07) is 11.5. The van der Waals surface area contributed by atoms with Gasteiger partial charge in [-0.15, -0.1) is 0 Å². The van der Waals surface area contributed by atoms with Gasteiger partial charge in [-0.25, -0.2) is 4.98 Å². The predicted molar refractivity (Wildman–Crippen MR) is 101 cm³/mol. The number of benzene rings is 1. The quantitative estimate of drug-likeness (QED) is 0.726. The first kappa shape index (κ1) is 17.7. The molecule has 134 valence electrons. The lowest BCUT2D eigenvalue weighted by atomic mass is 10.1. The van der Waals surface area contributed by atoms with Crippen molar-refractivity contribution in [3.8, 4) is 16.9 Å². The molecule has 6 nitrogen and oxygen atoms in total. The molecule has 2 heterocycles. The molecule has 0 bridgehead atoms. The number of pyridine rings is 1. The number of hydrogen-bond acceptors (Lipinski definition) is 3. The van der Waals surface area contributed by atoms with E-state index in [4.69, 9.17) is 0 Å². The SMILES string of the molecule is Cc1cccc(-c2cn(-c3ccn(CC(=O)N(C)C)c(=O)c3)c(C)n2)c1. The number of rotatable bonds is 4. The molecule has 26 heavy (non-hydrogen) atoms. The van der Waals surface area contributed by atoms with E-state index in [1.54, 1.807) is 20.3 Å². The minimum Gasteiger partial charge on any atom is -0.347 e. The molecule has 3 rings (SSSR count). The van der Waals surface area contributed by atoms with Gasteiger partial charge in [-0.2, -0.15) is 0 Å². The van der Waals surface area contributed by atoms with Crippen molar-refractivity contribution in [2.45, 2.75) is 20.4 Å². The second-order valence-electron chi connectivity index (χ2n) is 6.55. The third kappa shape index (κ3) is 3.59. The van der Waals surface area contributed by atoms with E-state index >= 15 is 0 Å². The lowest BCUT2D eigenvalue weighted by Gasteiger charge is -2.12. The summed E-state index contributed by atoms with van der Waals surface area (Å²) in [6.07, 6.45) is 3.57. The zero-order valence-electron chi connectivity index (χ0n) is 15.4. The molecule has 0 saturated heterocycles. The number of imidazole rings is 1. The van der Waals surface area contributed by atoms with Crippen molar-refractivity contribution in [2.24, 2.45) is 0 Å². The monoisotopic (exact) mass is 350 g/mol. The second-order valence-corrected chi connectivity index (χ2v) is 6.55. The van der Waals surface area contributed by atoms with Crippen LogP contribution >= 0.6 is 0 Å². The van der Waals surface area contributed by atoms with E-state index in [9.17, 15) is 9.59 Å². The second kappa shape index (κ2) is 7.00. The van der Waals surface area contributed by atoms with Crippen LogP contribution in [0.5, 0.6) is 0 Å². The van der Waals surface area contributed by atoms with E-state index in [2.05, 4.69) is 11.1 Å². The van der Waals surface area contributed by atoms with Crippen molar-refractivity contribution in [3.63, 3.8) is 0 Å². The van der Waals surface area contributed by atoms with Gasteiger partial charge >= 0.3 is 0 Å². The Morgan fingerprint density at radius 2 is 1.92 bits per heavy atom. The maximum absolute atomic E-state index is 12.4. The first-order valence-corrected chi connectivity index (χ1v) is 8.39. The Hall–Kier alpha value is -3.15. The number of carbonyl (C=O) groups is 1. The fourth-order valence-corrected chi connectivity index (χ4v) is 2.74. The maximum Gasteiger partial charge on any atom is 0.253 e. The minimum absolute atomic E-state index is 0.0313. The molecule has 0 N–H and O–H groups in total. The minimum atomic E-state index is -0.220. The van der Waals surface area contributed by atoms with Gasteiger partial charge < -0.3 is 14.0 Å². The topological polar surface area (TPSA) is 60.1 Å². The number of likely N-dealkylation sites (N-methyl/N-ethyl adjacent to an activating group) is 1. The molecule has 0 saturated carbocycles. The van der Waals surface area contributed by atoms with Gasteiger partial charge in [0, 0.05) is 38.1 Å². The van der Waals surface area contributed by atoms with Crippen molar-refractivity contribution < 1.29 is 4.79 Å². The summed E-state index contributed by atoms with van der Waals surface area (Å²) in [4.78, 5) is 30.3. The highest BCUT2D eigenvalue weighted by Crippen LogP contribution is 2.21. The molecule has 0 aliphatic heterocycles. The first-order valence-electron chi connectivity index (χ1n) is 8.39. The van der Waals surface area contributed by atoms with E-state index in [-0.39, 0.29) is 18.0 Å². The fourth-order valence-electron chi connectivity index (χ4n) is 2.74. The average molecular weight is 350 g/mol. The first-order chi connectivity index (χ1) is 12.3. The van der Waals surface area contributed by atoms with E-state index in [1.165, 1.54) is 21.1 Å². The van der Waals surface area contributed by atoms with Crippen LogP contribution in [0.1, 0.15) is 11.4 Å². The van der Waals surface area contributed by atoms with Gasteiger partial charge in [-0.05, 0) is 26.0 Å². The molecule has 1 amide bonds. The van der Waals surface area contributed by atoms with E-state index < -0.39 is 0 Å². The summed E-state index contributed by atoms with van der Waals surface area (Å²) in [5, 5.41) is 0. The van der Waals surface area contributed by atoms with E-state index in [0.29, 0.717) is 0 Å². The molecule has 3 aromatic rings. The van der Waals surface area contributed by atoms with Crippen LogP contribution in [0.3, 0.4) is 0 Å². The molecule has 6 heteroatoms. The lowest BCUT2D eigenvalue weighted by Crippen LogP contribution is -2.31. The van der Waals surface area contributed by atoms with Crippen LogP contribution in [0, 0.1) is 13.8 Å².